The minimum absolute atomic E-state index is 0.251. The Bertz CT molecular complexity index is 1060. The molecular formula is C20H17ClN4. The highest BCUT2D eigenvalue weighted by Gasteiger charge is 2.15. The zero-order chi connectivity index (χ0) is 17.4. The number of anilines is 1. The highest BCUT2D eigenvalue weighted by Crippen LogP contribution is 2.34. The topological polar surface area (TPSA) is 50.7 Å². The SMILES string of the molecule is CC(C)Nc1ncnc2c1nc(-c1ccccc1)c1cc(Cl)ccc12. The minimum atomic E-state index is 0.251. The zero-order valence-corrected chi connectivity index (χ0v) is 14.7. The summed E-state index contributed by atoms with van der Waals surface area (Å²) in [5, 5.41) is 6.05. The molecule has 0 aliphatic carbocycles. The summed E-state index contributed by atoms with van der Waals surface area (Å²) in [6.07, 6.45) is 1.57. The molecular weight excluding hydrogens is 332 g/mol. The molecule has 5 heteroatoms. The average molecular weight is 349 g/mol. The smallest absolute Gasteiger partial charge is 0.156 e. The third-order valence-corrected chi connectivity index (χ3v) is 4.25. The first-order valence-corrected chi connectivity index (χ1v) is 8.57. The van der Waals surface area contributed by atoms with Crippen LogP contribution < -0.4 is 5.32 Å². The molecule has 0 amide bonds. The monoisotopic (exact) mass is 348 g/mol. The van der Waals surface area contributed by atoms with Crippen LogP contribution in [0, 0.1) is 0 Å². The Labute approximate surface area is 150 Å². The maximum atomic E-state index is 6.26. The number of rotatable bonds is 3. The van der Waals surface area contributed by atoms with Crippen molar-refractivity contribution in [1.29, 1.82) is 0 Å². The molecule has 0 saturated heterocycles. The fraction of sp³-hybridized carbons (Fsp3) is 0.150. The van der Waals surface area contributed by atoms with E-state index in [0.717, 1.165) is 38.9 Å². The summed E-state index contributed by atoms with van der Waals surface area (Å²) in [6, 6.07) is 16.2. The molecule has 0 fully saturated rings. The standard InChI is InChI=1S/C20H17ClN4/c1-12(2)24-20-19-18(22-11-23-20)15-9-8-14(21)10-16(15)17(25-19)13-6-4-3-5-7-13/h3-12H,1-2H3,(H,22,23,24). The lowest BCUT2D eigenvalue weighted by Gasteiger charge is -2.14. The van der Waals surface area contributed by atoms with Gasteiger partial charge in [0.15, 0.2) is 5.82 Å². The van der Waals surface area contributed by atoms with Gasteiger partial charge in [-0.05, 0) is 26.0 Å². The van der Waals surface area contributed by atoms with Gasteiger partial charge >= 0.3 is 0 Å². The Morgan fingerprint density at radius 2 is 1.72 bits per heavy atom. The molecule has 1 N–H and O–H groups in total. The van der Waals surface area contributed by atoms with Crippen molar-refractivity contribution in [1.82, 2.24) is 15.0 Å². The number of benzene rings is 2. The number of nitrogens with one attached hydrogen (secondary N) is 1. The summed E-state index contributed by atoms with van der Waals surface area (Å²) in [4.78, 5) is 13.8. The predicted octanol–water partition coefficient (Wildman–Crippen LogP) is 5.32. The van der Waals surface area contributed by atoms with Crippen LogP contribution in [0.4, 0.5) is 5.82 Å². The van der Waals surface area contributed by atoms with Gasteiger partial charge in [-0.3, -0.25) is 0 Å². The molecule has 0 radical (unpaired) electrons. The van der Waals surface area contributed by atoms with Gasteiger partial charge < -0.3 is 5.32 Å². The lowest BCUT2D eigenvalue weighted by molar-refractivity contribution is 0.889. The van der Waals surface area contributed by atoms with Crippen LogP contribution in [0.25, 0.3) is 33.1 Å². The second-order valence-electron chi connectivity index (χ2n) is 6.23. The third-order valence-electron chi connectivity index (χ3n) is 4.01. The van der Waals surface area contributed by atoms with Gasteiger partial charge in [0.1, 0.15) is 17.4 Å². The van der Waals surface area contributed by atoms with Crippen LogP contribution in [0.5, 0.6) is 0 Å². The first-order chi connectivity index (χ1) is 12.1. The highest BCUT2D eigenvalue weighted by atomic mass is 35.5. The number of nitrogens with zero attached hydrogens (tertiary/aromatic N) is 3. The van der Waals surface area contributed by atoms with E-state index in [1.54, 1.807) is 6.33 Å². The van der Waals surface area contributed by atoms with Gasteiger partial charge in [-0.2, -0.15) is 0 Å². The van der Waals surface area contributed by atoms with E-state index < -0.39 is 0 Å². The van der Waals surface area contributed by atoms with Gasteiger partial charge in [-0.15, -0.1) is 0 Å². The number of hydrogen-bond acceptors (Lipinski definition) is 4. The van der Waals surface area contributed by atoms with E-state index in [4.69, 9.17) is 16.6 Å². The molecule has 124 valence electrons. The molecule has 4 aromatic rings. The molecule has 0 saturated carbocycles. The van der Waals surface area contributed by atoms with Crippen LogP contribution in [-0.2, 0) is 0 Å². The van der Waals surface area contributed by atoms with Crippen molar-refractivity contribution in [2.75, 3.05) is 5.32 Å². The number of hydrogen-bond donors (Lipinski definition) is 1. The molecule has 0 aliphatic heterocycles. The third kappa shape index (κ3) is 2.89. The molecule has 2 aromatic heterocycles. The summed E-state index contributed by atoms with van der Waals surface area (Å²) in [5.74, 6) is 0.744. The molecule has 0 aliphatic rings. The molecule has 4 nitrogen and oxygen atoms in total. The van der Waals surface area contributed by atoms with Gasteiger partial charge in [0.05, 0.1) is 5.69 Å². The lowest BCUT2D eigenvalue weighted by Crippen LogP contribution is -2.12. The quantitative estimate of drug-likeness (QED) is 0.509. The van der Waals surface area contributed by atoms with Gasteiger partial charge in [0.25, 0.3) is 0 Å². The largest absolute Gasteiger partial charge is 0.366 e. The molecule has 4 rings (SSSR count). The molecule has 25 heavy (non-hydrogen) atoms. The molecule has 2 aromatic carbocycles. The predicted molar refractivity (Wildman–Crippen MR) is 104 cm³/mol. The summed E-state index contributed by atoms with van der Waals surface area (Å²) < 4.78 is 0. The van der Waals surface area contributed by atoms with Crippen LogP contribution in [0.2, 0.25) is 5.02 Å². The van der Waals surface area contributed by atoms with Crippen molar-refractivity contribution < 1.29 is 0 Å². The van der Waals surface area contributed by atoms with E-state index in [1.807, 2.05) is 48.5 Å². The number of aromatic nitrogens is 3. The molecule has 0 unspecified atom stereocenters. The molecule has 2 heterocycles. The Balaban J connectivity index is 2.12. The van der Waals surface area contributed by atoms with Gasteiger partial charge in [-0.25, -0.2) is 15.0 Å². The lowest BCUT2D eigenvalue weighted by atomic mass is 10.0. The van der Waals surface area contributed by atoms with Crippen LogP contribution in [0.1, 0.15) is 13.8 Å². The number of pyridine rings is 1. The van der Waals surface area contributed by atoms with Gasteiger partial charge in [0.2, 0.25) is 0 Å². The Kier molecular flexibility index (Phi) is 3.98. The van der Waals surface area contributed by atoms with E-state index in [-0.39, 0.29) is 6.04 Å². The van der Waals surface area contributed by atoms with E-state index >= 15 is 0 Å². The summed E-state index contributed by atoms with van der Waals surface area (Å²) in [6.45, 7) is 4.15. The summed E-state index contributed by atoms with van der Waals surface area (Å²) in [7, 11) is 0. The molecule has 0 bridgehead atoms. The van der Waals surface area contributed by atoms with Crippen molar-refractivity contribution in [2.24, 2.45) is 0 Å². The first-order valence-electron chi connectivity index (χ1n) is 8.19. The van der Waals surface area contributed by atoms with Crippen molar-refractivity contribution in [3.63, 3.8) is 0 Å². The Morgan fingerprint density at radius 3 is 2.48 bits per heavy atom. The van der Waals surface area contributed by atoms with Crippen molar-refractivity contribution in [2.45, 2.75) is 19.9 Å². The second-order valence-corrected chi connectivity index (χ2v) is 6.67. The maximum absolute atomic E-state index is 6.26. The summed E-state index contributed by atoms with van der Waals surface area (Å²) in [5.41, 5.74) is 3.51. The highest BCUT2D eigenvalue weighted by molar-refractivity contribution is 6.32. The van der Waals surface area contributed by atoms with Crippen LogP contribution in [0.15, 0.2) is 54.9 Å². The zero-order valence-electron chi connectivity index (χ0n) is 14.0. The van der Waals surface area contributed by atoms with Gasteiger partial charge in [-0.1, -0.05) is 48.0 Å². The van der Waals surface area contributed by atoms with Crippen molar-refractivity contribution in [3.05, 3.63) is 59.9 Å². The van der Waals surface area contributed by atoms with Crippen molar-refractivity contribution >= 4 is 39.2 Å². The van der Waals surface area contributed by atoms with E-state index in [1.165, 1.54) is 0 Å². The molecule has 0 atom stereocenters. The van der Waals surface area contributed by atoms with Crippen LogP contribution in [0.3, 0.4) is 0 Å². The van der Waals surface area contributed by atoms with E-state index in [0.29, 0.717) is 5.02 Å². The molecule has 0 spiro atoms. The van der Waals surface area contributed by atoms with Gasteiger partial charge in [0, 0.05) is 27.4 Å². The Morgan fingerprint density at radius 1 is 0.920 bits per heavy atom. The minimum Gasteiger partial charge on any atom is -0.366 e. The fourth-order valence-electron chi connectivity index (χ4n) is 2.97. The summed E-state index contributed by atoms with van der Waals surface area (Å²) >= 11 is 6.26. The average Bonchev–Trinajstić information content (AvgIpc) is 2.61. The second kappa shape index (κ2) is 6.30. The van der Waals surface area contributed by atoms with Crippen LogP contribution >= 0.6 is 11.6 Å². The Hall–Kier alpha value is -2.72. The maximum Gasteiger partial charge on any atom is 0.156 e. The van der Waals surface area contributed by atoms with E-state index in [9.17, 15) is 0 Å². The van der Waals surface area contributed by atoms with Crippen LogP contribution in [-0.4, -0.2) is 21.0 Å². The number of halogens is 1. The fourth-order valence-corrected chi connectivity index (χ4v) is 3.14. The first kappa shape index (κ1) is 15.8. The van der Waals surface area contributed by atoms with E-state index in [2.05, 4.69) is 29.1 Å². The van der Waals surface area contributed by atoms with Crippen molar-refractivity contribution in [3.8, 4) is 11.3 Å². The normalized spacial score (nSPS) is 11.4. The number of fused-ring (bicyclic) bond motifs is 3.